The van der Waals surface area contributed by atoms with Crippen molar-refractivity contribution >= 4 is 22.6 Å². The molecule has 0 aliphatic rings. The molecule has 1 aromatic carbocycles. The smallest absolute Gasteiger partial charge is 0.246 e. The lowest BCUT2D eigenvalue weighted by Crippen LogP contribution is -1.95. The van der Waals surface area contributed by atoms with E-state index in [0.717, 1.165) is 9.26 Å². The van der Waals surface area contributed by atoms with Crippen LogP contribution >= 0.6 is 22.6 Å². The second-order valence-electron chi connectivity index (χ2n) is 2.91. The molecule has 0 aliphatic carbocycles. The summed E-state index contributed by atoms with van der Waals surface area (Å²) in [7, 11) is 1.57. The largest absolute Gasteiger partial charge is 0.479 e. The zero-order valence-corrected chi connectivity index (χ0v) is 10.1. The monoisotopic (exact) mass is 318 g/mol. The van der Waals surface area contributed by atoms with Gasteiger partial charge in [-0.25, -0.2) is 9.07 Å². The highest BCUT2D eigenvalue weighted by atomic mass is 127. The molecule has 0 spiro atoms. The van der Waals surface area contributed by atoms with E-state index in [-0.39, 0.29) is 5.82 Å². The van der Waals surface area contributed by atoms with Gasteiger partial charge in [0, 0.05) is 6.20 Å². The zero-order chi connectivity index (χ0) is 10.8. The quantitative estimate of drug-likeness (QED) is 0.796. The van der Waals surface area contributed by atoms with Crippen molar-refractivity contribution < 1.29 is 9.13 Å². The van der Waals surface area contributed by atoms with E-state index < -0.39 is 0 Å². The van der Waals surface area contributed by atoms with Gasteiger partial charge in [-0.3, -0.25) is 0 Å². The number of halogens is 2. The van der Waals surface area contributed by atoms with Crippen molar-refractivity contribution in [1.82, 2.24) is 9.78 Å². The summed E-state index contributed by atoms with van der Waals surface area (Å²) in [5.41, 5.74) is 0.803. The third kappa shape index (κ3) is 2.11. The lowest BCUT2D eigenvalue weighted by molar-refractivity contribution is 0.391. The van der Waals surface area contributed by atoms with Crippen molar-refractivity contribution in [2.75, 3.05) is 7.11 Å². The minimum Gasteiger partial charge on any atom is -0.479 e. The highest BCUT2D eigenvalue weighted by Crippen LogP contribution is 2.20. The predicted octanol–water partition coefficient (Wildman–Crippen LogP) is 2.62. The SMILES string of the molecule is COc1nn(-c2ccc(F)cc2)cc1I. The van der Waals surface area contributed by atoms with Gasteiger partial charge in [0.1, 0.15) is 5.82 Å². The Balaban J connectivity index is 2.41. The third-order valence-electron chi connectivity index (χ3n) is 1.92. The molecule has 0 radical (unpaired) electrons. The number of nitrogens with zero attached hydrogens (tertiary/aromatic N) is 2. The van der Waals surface area contributed by atoms with Crippen LogP contribution in [-0.4, -0.2) is 16.9 Å². The lowest BCUT2D eigenvalue weighted by atomic mass is 10.3. The molecule has 0 N–H and O–H groups in total. The highest BCUT2D eigenvalue weighted by molar-refractivity contribution is 14.1. The molecule has 0 unspecified atom stereocenters. The van der Waals surface area contributed by atoms with Gasteiger partial charge in [-0.2, -0.15) is 0 Å². The summed E-state index contributed by atoms with van der Waals surface area (Å²) in [6.45, 7) is 0. The number of hydrogen-bond donors (Lipinski definition) is 0. The van der Waals surface area contributed by atoms with E-state index in [1.165, 1.54) is 12.1 Å². The van der Waals surface area contributed by atoms with Gasteiger partial charge in [-0.15, -0.1) is 5.10 Å². The lowest BCUT2D eigenvalue weighted by Gasteiger charge is -1.99. The zero-order valence-electron chi connectivity index (χ0n) is 7.95. The van der Waals surface area contributed by atoms with Crippen molar-refractivity contribution in [2.45, 2.75) is 0 Å². The number of rotatable bonds is 2. The molecule has 0 amide bonds. The van der Waals surface area contributed by atoms with E-state index in [2.05, 4.69) is 27.7 Å². The fourth-order valence-corrected chi connectivity index (χ4v) is 1.79. The van der Waals surface area contributed by atoms with Crippen LogP contribution in [0.3, 0.4) is 0 Å². The molecular weight excluding hydrogens is 310 g/mol. The molecule has 2 aromatic rings. The summed E-state index contributed by atoms with van der Waals surface area (Å²) >= 11 is 2.13. The number of benzene rings is 1. The van der Waals surface area contributed by atoms with E-state index in [1.54, 1.807) is 23.9 Å². The first kappa shape index (κ1) is 10.4. The van der Waals surface area contributed by atoms with Crippen LogP contribution in [0.5, 0.6) is 5.88 Å². The first-order chi connectivity index (χ1) is 7.20. The van der Waals surface area contributed by atoms with Crippen molar-refractivity contribution in [3.63, 3.8) is 0 Å². The highest BCUT2D eigenvalue weighted by Gasteiger charge is 2.07. The van der Waals surface area contributed by atoms with Gasteiger partial charge in [0.25, 0.3) is 0 Å². The Labute approximate surface area is 100 Å². The van der Waals surface area contributed by atoms with Gasteiger partial charge in [0.2, 0.25) is 5.88 Å². The van der Waals surface area contributed by atoms with Crippen LogP contribution in [0.1, 0.15) is 0 Å². The molecule has 2 rings (SSSR count). The van der Waals surface area contributed by atoms with Gasteiger partial charge in [-0.05, 0) is 46.9 Å². The summed E-state index contributed by atoms with van der Waals surface area (Å²) < 4.78 is 20.3. The number of ether oxygens (including phenoxy) is 1. The Morgan fingerprint density at radius 3 is 2.53 bits per heavy atom. The number of hydrogen-bond acceptors (Lipinski definition) is 2. The molecule has 15 heavy (non-hydrogen) atoms. The maximum atomic E-state index is 12.7. The van der Waals surface area contributed by atoms with Crippen molar-refractivity contribution in [3.8, 4) is 11.6 Å². The fourth-order valence-electron chi connectivity index (χ4n) is 1.20. The van der Waals surface area contributed by atoms with E-state index in [1.807, 2.05) is 6.20 Å². The maximum absolute atomic E-state index is 12.7. The molecule has 3 nitrogen and oxygen atoms in total. The second-order valence-corrected chi connectivity index (χ2v) is 4.07. The minimum atomic E-state index is -0.257. The van der Waals surface area contributed by atoms with Crippen LogP contribution in [0.2, 0.25) is 0 Å². The average Bonchev–Trinajstić information content (AvgIpc) is 2.61. The van der Waals surface area contributed by atoms with Crippen LogP contribution < -0.4 is 4.74 Å². The molecule has 0 bridgehead atoms. The van der Waals surface area contributed by atoms with E-state index in [4.69, 9.17) is 4.74 Å². The molecule has 0 atom stereocenters. The van der Waals surface area contributed by atoms with Gasteiger partial charge >= 0.3 is 0 Å². The van der Waals surface area contributed by atoms with Gasteiger partial charge < -0.3 is 4.74 Å². The molecule has 1 heterocycles. The summed E-state index contributed by atoms with van der Waals surface area (Å²) in [4.78, 5) is 0. The summed E-state index contributed by atoms with van der Waals surface area (Å²) in [6, 6.07) is 6.13. The van der Waals surface area contributed by atoms with Crippen molar-refractivity contribution in [3.05, 3.63) is 39.8 Å². The van der Waals surface area contributed by atoms with Crippen molar-refractivity contribution in [1.29, 1.82) is 0 Å². The van der Waals surface area contributed by atoms with Crippen LogP contribution in [0.4, 0.5) is 4.39 Å². The second kappa shape index (κ2) is 4.18. The molecule has 0 saturated heterocycles. The summed E-state index contributed by atoms with van der Waals surface area (Å²) in [5.74, 6) is 0.312. The molecule has 0 aliphatic heterocycles. The van der Waals surface area contributed by atoms with Gasteiger partial charge in [-0.1, -0.05) is 0 Å². The predicted molar refractivity (Wildman–Crippen MR) is 62.8 cm³/mol. The first-order valence-corrected chi connectivity index (χ1v) is 5.33. The standard InChI is InChI=1S/C10H8FIN2O/c1-15-10-9(12)6-14(13-10)8-4-2-7(11)3-5-8/h2-6H,1H3. The van der Waals surface area contributed by atoms with Crippen LogP contribution in [0, 0.1) is 9.39 Å². The molecular formula is C10H8FIN2O. The Morgan fingerprint density at radius 1 is 1.33 bits per heavy atom. The van der Waals surface area contributed by atoms with Gasteiger partial charge in [0.05, 0.1) is 16.4 Å². The Bertz CT molecular complexity index is 467. The molecule has 1 aromatic heterocycles. The Kier molecular flexibility index (Phi) is 2.90. The van der Waals surface area contributed by atoms with Crippen LogP contribution in [0.25, 0.3) is 5.69 Å². The average molecular weight is 318 g/mol. The number of methoxy groups -OCH3 is 1. The van der Waals surface area contributed by atoms with Crippen molar-refractivity contribution in [2.24, 2.45) is 0 Å². The maximum Gasteiger partial charge on any atom is 0.246 e. The third-order valence-corrected chi connectivity index (χ3v) is 2.66. The Morgan fingerprint density at radius 2 is 2.00 bits per heavy atom. The van der Waals surface area contributed by atoms with Gasteiger partial charge in [0.15, 0.2) is 0 Å². The molecule has 5 heteroatoms. The first-order valence-electron chi connectivity index (χ1n) is 4.26. The number of aromatic nitrogens is 2. The summed E-state index contributed by atoms with van der Waals surface area (Å²) in [5, 5.41) is 4.19. The van der Waals surface area contributed by atoms with E-state index in [0.29, 0.717) is 5.88 Å². The van der Waals surface area contributed by atoms with Crippen LogP contribution in [-0.2, 0) is 0 Å². The summed E-state index contributed by atoms with van der Waals surface area (Å²) in [6.07, 6.45) is 1.83. The fraction of sp³-hybridized carbons (Fsp3) is 0.100. The van der Waals surface area contributed by atoms with Crippen LogP contribution in [0.15, 0.2) is 30.5 Å². The van der Waals surface area contributed by atoms with E-state index >= 15 is 0 Å². The normalized spacial score (nSPS) is 10.3. The minimum absolute atomic E-state index is 0.257. The Hall–Kier alpha value is -1.11. The van der Waals surface area contributed by atoms with E-state index in [9.17, 15) is 4.39 Å². The molecule has 0 saturated carbocycles. The molecule has 78 valence electrons. The molecule has 0 fully saturated rings. The topological polar surface area (TPSA) is 27.1 Å².